The summed E-state index contributed by atoms with van der Waals surface area (Å²) in [7, 11) is 1.65. The highest BCUT2D eigenvalue weighted by molar-refractivity contribution is 5.96. The molecular weight excluding hydrogens is 318 g/mol. The second kappa shape index (κ2) is 6.56. The predicted octanol–water partition coefficient (Wildman–Crippen LogP) is 1.99. The number of nitrogens with two attached hydrogens (primary N) is 1. The fraction of sp³-hybridized carbons (Fsp3) is 0.111. The molecule has 0 aliphatic heterocycles. The molecule has 0 fully saturated rings. The fourth-order valence-electron chi connectivity index (χ4n) is 2.57. The number of pyridine rings is 1. The van der Waals surface area contributed by atoms with Gasteiger partial charge in [-0.05, 0) is 30.7 Å². The van der Waals surface area contributed by atoms with Gasteiger partial charge in [-0.2, -0.15) is 0 Å². The Labute approximate surface area is 144 Å². The zero-order valence-corrected chi connectivity index (χ0v) is 13.9. The molecule has 25 heavy (non-hydrogen) atoms. The van der Waals surface area contributed by atoms with Crippen molar-refractivity contribution in [2.24, 2.45) is 12.8 Å². The summed E-state index contributed by atoms with van der Waals surface area (Å²) >= 11 is 0. The number of amides is 1. The first-order valence-electron chi connectivity index (χ1n) is 7.62. The Morgan fingerprint density at radius 2 is 1.92 bits per heavy atom. The van der Waals surface area contributed by atoms with E-state index in [1.807, 2.05) is 6.07 Å². The molecule has 0 saturated carbocycles. The molecule has 3 rings (SSSR count). The van der Waals surface area contributed by atoms with Gasteiger partial charge in [-0.25, -0.2) is 4.98 Å². The lowest BCUT2D eigenvalue weighted by molar-refractivity contribution is 0.1000. The number of hydrogen-bond acceptors (Lipinski definition) is 5. The van der Waals surface area contributed by atoms with E-state index in [0.29, 0.717) is 16.9 Å². The molecule has 2 aromatic heterocycles. The molecule has 0 unspecified atom stereocenters. The van der Waals surface area contributed by atoms with Gasteiger partial charge in [0.05, 0.1) is 5.69 Å². The van der Waals surface area contributed by atoms with Gasteiger partial charge in [0, 0.05) is 42.5 Å². The van der Waals surface area contributed by atoms with E-state index >= 15 is 0 Å². The Balaban J connectivity index is 2.11. The molecule has 7 heteroatoms. The van der Waals surface area contributed by atoms with E-state index in [2.05, 4.69) is 15.3 Å². The monoisotopic (exact) mass is 335 g/mol. The molecule has 1 aromatic carbocycles. The van der Waals surface area contributed by atoms with E-state index in [1.54, 1.807) is 56.8 Å². The lowest BCUT2D eigenvalue weighted by Crippen LogP contribution is -2.21. The van der Waals surface area contributed by atoms with Gasteiger partial charge in [0.1, 0.15) is 0 Å². The largest absolute Gasteiger partial charge is 0.366 e. The van der Waals surface area contributed by atoms with Crippen LogP contribution in [0.1, 0.15) is 15.9 Å². The molecule has 2 heterocycles. The van der Waals surface area contributed by atoms with Crippen LogP contribution in [0, 0.1) is 6.92 Å². The maximum Gasteiger partial charge on any atom is 0.293 e. The summed E-state index contributed by atoms with van der Waals surface area (Å²) in [6.45, 7) is 1.80. The van der Waals surface area contributed by atoms with E-state index in [1.165, 1.54) is 4.57 Å². The maximum absolute atomic E-state index is 12.4. The molecule has 0 bridgehead atoms. The molecule has 0 saturated heterocycles. The number of benzene rings is 1. The first-order chi connectivity index (χ1) is 12.0. The van der Waals surface area contributed by atoms with E-state index in [4.69, 9.17) is 5.73 Å². The summed E-state index contributed by atoms with van der Waals surface area (Å²) in [4.78, 5) is 32.3. The highest BCUT2D eigenvalue weighted by Crippen LogP contribution is 2.24. The zero-order valence-electron chi connectivity index (χ0n) is 13.9. The van der Waals surface area contributed by atoms with Crippen molar-refractivity contribution >= 4 is 17.4 Å². The van der Waals surface area contributed by atoms with Crippen LogP contribution in [0.4, 0.5) is 11.5 Å². The van der Waals surface area contributed by atoms with Crippen molar-refractivity contribution in [3.05, 3.63) is 70.4 Å². The molecular formula is C18H17N5O2. The van der Waals surface area contributed by atoms with Crippen molar-refractivity contribution in [3.63, 3.8) is 0 Å². The van der Waals surface area contributed by atoms with Crippen molar-refractivity contribution < 1.29 is 4.79 Å². The van der Waals surface area contributed by atoms with Crippen LogP contribution in [0.3, 0.4) is 0 Å². The summed E-state index contributed by atoms with van der Waals surface area (Å²) < 4.78 is 1.45. The van der Waals surface area contributed by atoms with Crippen LogP contribution in [0.25, 0.3) is 11.3 Å². The first kappa shape index (κ1) is 16.4. The van der Waals surface area contributed by atoms with Crippen molar-refractivity contribution in [1.29, 1.82) is 0 Å². The van der Waals surface area contributed by atoms with E-state index in [9.17, 15) is 9.59 Å². The summed E-state index contributed by atoms with van der Waals surface area (Å²) in [5.74, 6) is -0.311. The lowest BCUT2D eigenvalue weighted by atomic mass is 10.00. The van der Waals surface area contributed by atoms with Crippen LogP contribution in [-0.2, 0) is 7.05 Å². The standard InChI is InChI=1S/C18H17N5O2/c1-11-13(4-3-5-14(11)16(19)24)15-10-23(2)18(25)17(22-15)21-12-6-8-20-9-7-12/h3-10H,1-2H3,(H2,19,24)(H,20,21,22). The van der Waals surface area contributed by atoms with Crippen molar-refractivity contribution in [2.75, 3.05) is 5.32 Å². The van der Waals surface area contributed by atoms with Crippen LogP contribution in [-0.4, -0.2) is 20.4 Å². The Hall–Kier alpha value is -3.48. The van der Waals surface area contributed by atoms with E-state index < -0.39 is 5.91 Å². The maximum atomic E-state index is 12.4. The normalized spacial score (nSPS) is 10.5. The number of nitrogens with zero attached hydrogens (tertiary/aromatic N) is 3. The Kier molecular flexibility index (Phi) is 4.30. The molecule has 126 valence electrons. The second-order valence-electron chi connectivity index (χ2n) is 5.59. The summed E-state index contributed by atoms with van der Waals surface area (Å²) in [5.41, 5.74) is 8.32. The molecule has 0 atom stereocenters. The number of aryl methyl sites for hydroxylation is 1. The topological polar surface area (TPSA) is 103 Å². The molecule has 7 nitrogen and oxygen atoms in total. The van der Waals surface area contributed by atoms with Gasteiger partial charge in [-0.3, -0.25) is 14.6 Å². The molecule has 3 aromatic rings. The minimum absolute atomic E-state index is 0.190. The van der Waals surface area contributed by atoms with Gasteiger partial charge in [-0.15, -0.1) is 0 Å². The zero-order chi connectivity index (χ0) is 18.0. The van der Waals surface area contributed by atoms with Gasteiger partial charge < -0.3 is 15.6 Å². The van der Waals surface area contributed by atoms with Crippen LogP contribution in [0.5, 0.6) is 0 Å². The third-order valence-corrected chi connectivity index (χ3v) is 3.89. The van der Waals surface area contributed by atoms with Crippen LogP contribution < -0.4 is 16.6 Å². The lowest BCUT2D eigenvalue weighted by Gasteiger charge is -2.12. The molecule has 3 N–H and O–H groups in total. The average molecular weight is 335 g/mol. The second-order valence-corrected chi connectivity index (χ2v) is 5.59. The van der Waals surface area contributed by atoms with Crippen LogP contribution in [0.2, 0.25) is 0 Å². The SMILES string of the molecule is Cc1c(C(N)=O)cccc1-c1cn(C)c(=O)c(Nc2ccncc2)n1. The van der Waals surface area contributed by atoms with Gasteiger partial charge >= 0.3 is 0 Å². The summed E-state index contributed by atoms with van der Waals surface area (Å²) in [6, 6.07) is 8.73. The number of anilines is 2. The minimum atomic E-state index is -0.501. The van der Waals surface area contributed by atoms with Gasteiger partial charge in [0.15, 0.2) is 5.82 Å². The molecule has 0 aliphatic rings. The van der Waals surface area contributed by atoms with Crippen LogP contribution in [0.15, 0.2) is 53.7 Å². The molecule has 1 amide bonds. The number of aromatic nitrogens is 3. The number of hydrogen-bond donors (Lipinski definition) is 2. The Morgan fingerprint density at radius 3 is 2.60 bits per heavy atom. The third kappa shape index (κ3) is 3.25. The number of carbonyl (C=O) groups is 1. The van der Waals surface area contributed by atoms with Crippen LogP contribution >= 0.6 is 0 Å². The highest BCUT2D eigenvalue weighted by atomic mass is 16.1. The number of carbonyl (C=O) groups excluding carboxylic acids is 1. The number of rotatable bonds is 4. The van der Waals surface area contributed by atoms with Crippen molar-refractivity contribution in [1.82, 2.24) is 14.5 Å². The number of nitrogens with one attached hydrogen (secondary N) is 1. The molecule has 0 aliphatic carbocycles. The van der Waals surface area contributed by atoms with E-state index in [0.717, 1.165) is 11.1 Å². The summed E-state index contributed by atoms with van der Waals surface area (Å²) in [6.07, 6.45) is 4.88. The van der Waals surface area contributed by atoms with E-state index in [-0.39, 0.29) is 11.4 Å². The number of primary amides is 1. The van der Waals surface area contributed by atoms with Gasteiger partial charge in [0.25, 0.3) is 5.56 Å². The van der Waals surface area contributed by atoms with Crippen molar-refractivity contribution in [2.45, 2.75) is 6.92 Å². The third-order valence-electron chi connectivity index (χ3n) is 3.89. The highest BCUT2D eigenvalue weighted by Gasteiger charge is 2.14. The smallest absolute Gasteiger partial charge is 0.293 e. The molecule has 0 radical (unpaired) electrons. The van der Waals surface area contributed by atoms with Crippen molar-refractivity contribution in [3.8, 4) is 11.3 Å². The van der Waals surface area contributed by atoms with Gasteiger partial charge in [-0.1, -0.05) is 12.1 Å². The predicted molar refractivity (Wildman–Crippen MR) is 95.7 cm³/mol. The Morgan fingerprint density at radius 1 is 1.20 bits per heavy atom. The quantitative estimate of drug-likeness (QED) is 0.759. The average Bonchev–Trinajstić information content (AvgIpc) is 2.59. The molecule has 0 spiro atoms. The fourth-order valence-corrected chi connectivity index (χ4v) is 2.57. The minimum Gasteiger partial charge on any atom is -0.366 e. The Bertz CT molecular complexity index is 996. The summed E-state index contributed by atoms with van der Waals surface area (Å²) in [5, 5.41) is 3.00. The first-order valence-corrected chi connectivity index (χ1v) is 7.62. The van der Waals surface area contributed by atoms with Gasteiger partial charge in [0.2, 0.25) is 5.91 Å².